The first kappa shape index (κ1) is 34.6. The van der Waals surface area contributed by atoms with E-state index in [1.807, 2.05) is 32.9 Å². The van der Waals surface area contributed by atoms with Gasteiger partial charge >= 0.3 is 6.09 Å². The van der Waals surface area contributed by atoms with Gasteiger partial charge in [-0.3, -0.25) is 14.4 Å². The molecule has 2 amide bonds. The Morgan fingerprint density at radius 3 is 2.30 bits per heavy atom. The minimum atomic E-state index is -0.183. The minimum Gasteiger partial charge on any atom is -0.496 e. The van der Waals surface area contributed by atoms with Crippen LogP contribution in [0.2, 0.25) is 0 Å². The van der Waals surface area contributed by atoms with E-state index in [0.717, 1.165) is 113 Å². The molecule has 0 spiro atoms. The van der Waals surface area contributed by atoms with Crippen LogP contribution in [0.25, 0.3) is 11.1 Å². The summed E-state index contributed by atoms with van der Waals surface area (Å²) < 4.78 is 13.5. The number of anilines is 1. The van der Waals surface area contributed by atoms with E-state index >= 15 is 0 Å². The third kappa shape index (κ3) is 7.02. The third-order valence-corrected chi connectivity index (χ3v) is 12.6. The lowest BCUT2D eigenvalue weighted by molar-refractivity contribution is -0.124. The molecule has 4 saturated carbocycles. The Bertz CT molecular complexity index is 1640. The SMILES string of the molecule is COc1ccc(C23CCC(CN(C(=O)C4CCC(OC(=O)N5CCCCC5)CC4)c4cc(-c5cnn(C(C)C)c5)ccn4)(CC2)CC3)cc1C. The lowest BCUT2D eigenvalue weighted by Gasteiger charge is -2.55. The molecule has 0 N–H and O–H groups in total. The molecule has 0 unspecified atom stereocenters. The summed E-state index contributed by atoms with van der Waals surface area (Å²) in [5.74, 6) is 1.72. The van der Waals surface area contributed by atoms with E-state index in [9.17, 15) is 9.59 Å². The van der Waals surface area contributed by atoms with E-state index < -0.39 is 0 Å². The first-order chi connectivity index (χ1) is 24.2. The van der Waals surface area contributed by atoms with Crippen LogP contribution in [0.4, 0.5) is 10.6 Å². The molecule has 9 nitrogen and oxygen atoms in total. The van der Waals surface area contributed by atoms with Crippen molar-refractivity contribution < 1.29 is 19.1 Å². The second-order valence-corrected chi connectivity index (χ2v) is 16.0. The third-order valence-electron chi connectivity index (χ3n) is 12.6. The van der Waals surface area contributed by atoms with Gasteiger partial charge in [0, 0.05) is 49.6 Å². The highest BCUT2D eigenvalue weighted by atomic mass is 16.6. The molecule has 1 aromatic carbocycles. The molecule has 5 fully saturated rings. The Morgan fingerprint density at radius 2 is 1.66 bits per heavy atom. The number of piperidine rings is 1. The van der Waals surface area contributed by atoms with Crippen molar-refractivity contribution in [2.45, 2.75) is 122 Å². The van der Waals surface area contributed by atoms with E-state index in [1.165, 1.54) is 17.5 Å². The van der Waals surface area contributed by atoms with Crippen LogP contribution < -0.4 is 9.64 Å². The molecule has 0 radical (unpaired) electrons. The Hall–Kier alpha value is -3.88. The number of aryl methyl sites for hydroxylation is 1. The number of likely N-dealkylation sites (tertiary alicyclic amines) is 1. The van der Waals surface area contributed by atoms with Crippen molar-refractivity contribution in [2.24, 2.45) is 11.3 Å². The maximum Gasteiger partial charge on any atom is 0.410 e. The number of hydrogen-bond acceptors (Lipinski definition) is 6. The van der Waals surface area contributed by atoms with Crippen molar-refractivity contribution in [3.05, 3.63) is 60.0 Å². The molecule has 2 aromatic heterocycles. The van der Waals surface area contributed by atoms with Crippen LogP contribution in [-0.4, -0.2) is 64.5 Å². The van der Waals surface area contributed by atoms with Crippen LogP contribution in [0, 0.1) is 18.3 Å². The van der Waals surface area contributed by atoms with Gasteiger partial charge in [-0.25, -0.2) is 9.78 Å². The maximum absolute atomic E-state index is 14.7. The average molecular weight is 682 g/mol. The number of fused-ring (bicyclic) bond motifs is 3. The lowest BCUT2D eigenvalue weighted by Crippen LogP contribution is -2.52. The summed E-state index contributed by atoms with van der Waals surface area (Å²) in [7, 11) is 1.74. The predicted octanol–water partition coefficient (Wildman–Crippen LogP) is 8.65. The molecular weight excluding hydrogens is 626 g/mol. The van der Waals surface area contributed by atoms with Crippen LogP contribution in [0.5, 0.6) is 5.75 Å². The number of benzene rings is 1. The normalized spacial score (nSPS) is 26.5. The Labute approximate surface area is 297 Å². The van der Waals surface area contributed by atoms with Crippen molar-refractivity contribution in [2.75, 3.05) is 31.6 Å². The number of ether oxygens (including phenoxy) is 2. The highest BCUT2D eigenvalue weighted by molar-refractivity contribution is 5.95. The van der Waals surface area contributed by atoms with E-state index in [0.29, 0.717) is 6.54 Å². The smallest absolute Gasteiger partial charge is 0.410 e. The van der Waals surface area contributed by atoms with Gasteiger partial charge in [0.1, 0.15) is 17.7 Å². The minimum absolute atomic E-state index is 0.0698. The summed E-state index contributed by atoms with van der Waals surface area (Å²) in [4.78, 5) is 36.2. The summed E-state index contributed by atoms with van der Waals surface area (Å²) in [6.45, 7) is 8.64. The molecule has 1 saturated heterocycles. The van der Waals surface area contributed by atoms with Gasteiger partial charge in [0.15, 0.2) is 0 Å². The van der Waals surface area contributed by atoms with Gasteiger partial charge in [0.25, 0.3) is 0 Å². The Kier molecular flexibility index (Phi) is 9.95. The highest BCUT2D eigenvalue weighted by Gasteiger charge is 2.51. The summed E-state index contributed by atoms with van der Waals surface area (Å²) in [6, 6.07) is 11.1. The molecule has 9 heteroatoms. The van der Waals surface area contributed by atoms with Crippen LogP contribution in [0.3, 0.4) is 0 Å². The van der Waals surface area contributed by atoms with Gasteiger partial charge in [-0.05, 0) is 150 Å². The van der Waals surface area contributed by atoms with Gasteiger partial charge in [-0.15, -0.1) is 0 Å². The molecule has 4 aliphatic carbocycles. The first-order valence-corrected chi connectivity index (χ1v) is 19.1. The van der Waals surface area contributed by atoms with Crippen LogP contribution in [0.15, 0.2) is 48.9 Å². The van der Waals surface area contributed by atoms with Crippen molar-refractivity contribution in [1.82, 2.24) is 19.7 Å². The molecule has 5 aliphatic rings. The molecule has 1 aliphatic heterocycles. The average Bonchev–Trinajstić information content (AvgIpc) is 3.66. The number of hydrogen-bond donors (Lipinski definition) is 0. The standard InChI is InChI=1S/C41H55N5O4/c1-29(2)46-27-33(26-43-46)32-14-21-42-37(25-32)45(38(47)31-8-11-35(12-9-31)50-39(48)44-22-6-5-7-23-44)28-40-15-18-41(19-16-40,20-17-40)34-10-13-36(49-4)30(3)24-34/h10,13-14,21,24-27,29,31,35H,5-9,11-12,15-20,22-23,28H2,1-4H3. The van der Waals surface area contributed by atoms with Crippen molar-refractivity contribution in [3.63, 3.8) is 0 Å². The van der Waals surface area contributed by atoms with E-state index in [4.69, 9.17) is 14.5 Å². The number of carbonyl (C=O) groups is 2. The van der Waals surface area contributed by atoms with E-state index in [1.54, 1.807) is 7.11 Å². The zero-order valence-electron chi connectivity index (χ0n) is 30.5. The van der Waals surface area contributed by atoms with Gasteiger partial charge in [0.05, 0.1) is 13.3 Å². The topological polar surface area (TPSA) is 89.8 Å². The second kappa shape index (κ2) is 14.4. The maximum atomic E-state index is 14.7. The number of amides is 2. The highest BCUT2D eigenvalue weighted by Crippen LogP contribution is 2.58. The van der Waals surface area contributed by atoms with Gasteiger partial charge < -0.3 is 14.4 Å². The van der Waals surface area contributed by atoms with E-state index in [-0.39, 0.29) is 40.9 Å². The molecule has 8 rings (SSSR count). The quantitative estimate of drug-likeness (QED) is 0.225. The molecule has 2 bridgehead atoms. The number of carbonyl (C=O) groups excluding carboxylic acids is 2. The number of pyridine rings is 1. The monoisotopic (exact) mass is 681 g/mol. The lowest BCUT2D eigenvalue weighted by atomic mass is 9.51. The summed E-state index contributed by atoms with van der Waals surface area (Å²) in [5.41, 5.74) is 4.95. The fraction of sp³-hybridized carbons (Fsp3) is 0.610. The van der Waals surface area contributed by atoms with E-state index in [2.05, 4.69) is 56.3 Å². The zero-order chi connectivity index (χ0) is 34.9. The molecule has 3 heterocycles. The summed E-state index contributed by atoms with van der Waals surface area (Å²) in [5, 5.41) is 4.57. The molecular formula is C41H55N5O4. The number of nitrogens with zero attached hydrogens (tertiary/aromatic N) is 5. The molecule has 268 valence electrons. The molecule has 0 atom stereocenters. The van der Waals surface area contributed by atoms with Crippen LogP contribution in [-0.2, 0) is 14.9 Å². The Balaban J connectivity index is 1.09. The van der Waals surface area contributed by atoms with Crippen LogP contribution in [0.1, 0.15) is 114 Å². The van der Waals surface area contributed by atoms with Crippen molar-refractivity contribution in [1.29, 1.82) is 0 Å². The van der Waals surface area contributed by atoms with Gasteiger partial charge in [-0.1, -0.05) is 12.1 Å². The fourth-order valence-electron chi connectivity index (χ4n) is 9.21. The number of aromatic nitrogens is 3. The van der Waals surface area contributed by atoms with Gasteiger partial charge in [-0.2, -0.15) is 5.10 Å². The molecule has 3 aromatic rings. The number of methoxy groups -OCH3 is 1. The summed E-state index contributed by atoms with van der Waals surface area (Å²) in [6.07, 6.45) is 18.4. The largest absolute Gasteiger partial charge is 0.496 e. The zero-order valence-corrected chi connectivity index (χ0v) is 30.5. The predicted molar refractivity (Wildman–Crippen MR) is 195 cm³/mol. The van der Waals surface area contributed by atoms with Crippen LogP contribution >= 0.6 is 0 Å². The van der Waals surface area contributed by atoms with Gasteiger partial charge in [0.2, 0.25) is 5.91 Å². The first-order valence-electron chi connectivity index (χ1n) is 19.1. The van der Waals surface area contributed by atoms with Crippen molar-refractivity contribution in [3.8, 4) is 16.9 Å². The second-order valence-electron chi connectivity index (χ2n) is 16.0. The molecule has 50 heavy (non-hydrogen) atoms. The van der Waals surface area contributed by atoms with Crippen molar-refractivity contribution >= 4 is 17.8 Å². The summed E-state index contributed by atoms with van der Waals surface area (Å²) >= 11 is 0. The number of rotatable bonds is 9. The Morgan fingerprint density at radius 1 is 0.940 bits per heavy atom. The fourth-order valence-corrected chi connectivity index (χ4v) is 9.21.